The zero-order chi connectivity index (χ0) is 22.8. The first-order valence-corrected chi connectivity index (χ1v) is 11.9. The first-order valence-electron chi connectivity index (χ1n) is 10.5. The number of benzene rings is 1. The molecule has 8 nitrogen and oxygen atoms in total. The standard InChI is InChI=1S/C22H31N5O3S/c1-15-9-10-19(12-16(15)2)31(29,30)27-11-7-6-8-20(27)22-24-18(13-21(23-4)25-22)14-26(5)17(3)28/h9-10,12-13,20H,6-8,11,14H2,1-5H3,(H,23,24,25)/t20-/m0/s1. The number of anilines is 1. The minimum Gasteiger partial charge on any atom is -0.373 e. The average Bonchev–Trinajstić information content (AvgIpc) is 2.75. The van der Waals surface area contributed by atoms with Gasteiger partial charge >= 0.3 is 0 Å². The molecule has 1 N–H and O–H groups in total. The summed E-state index contributed by atoms with van der Waals surface area (Å²) in [6, 6.07) is 6.58. The number of rotatable bonds is 6. The number of carbonyl (C=O) groups excluding carboxylic acids is 1. The van der Waals surface area contributed by atoms with E-state index in [2.05, 4.69) is 15.3 Å². The van der Waals surface area contributed by atoms with Crippen LogP contribution in [0.3, 0.4) is 0 Å². The Balaban J connectivity index is 2.01. The van der Waals surface area contributed by atoms with E-state index in [1.165, 1.54) is 11.2 Å². The zero-order valence-electron chi connectivity index (χ0n) is 18.8. The largest absolute Gasteiger partial charge is 0.373 e. The highest BCUT2D eigenvalue weighted by Gasteiger charge is 2.36. The van der Waals surface area contributed by atoms with E-state index in [4.69, 9.17) is 0 Å². The Bertz CT molecular complexity index is 1070. The topological polar surface area (TPSA) is 95.5 Å². The van der Waals surface area contributed by atoms with Crippen molar-refractivity contribution in [3.8, 4) is 0 Å². The molecule has 1 saturated heterocycles. The first kappa shape index (κ1) is 23.1. The van der Waals surface area contributed by atoms with Gasteiger partial charge in [-0.2, -0.15) is 4.31 Å². The highest BCUT2D eigenvalue weighted by atomic mass is 32.2. The molecule has 0 saturated carbocycles. The summed E-state index contributed by atoms with van der Waals surface area (Å²) < 4.78 is 28.6. The van der Waals surface area contributed by atoms with Crippen molar-refractivity contribution in [2.24, 2.45) is 0 Å². The lowest BCUT2D eigenvalue weighted by Gasteiger charge is -2.34. The molecule has 2 heterocycles. The number of hydrogen-bond acceptors (Lipinski definition) is 6. The van der Waals surface area contributed by atoms with Crippen molar-refractivity contribution in [1.29, 1.82) is 0 Å². The third kappa shape index (κ3) is 5.04. The fraction of sp³-hybridized carbons (Fsp3) is 0.500. The number of piperidine rings is 1. The molecule has 1 aromatic heterocycles. The van der Waals surface area contributed by atoms with Crippen LogP contribution in [-0.2, 0) is 21.4 Å². The summed E-state index contributed by atoms with van der Waals surface area (Å²) in [6.45, 7) is 6.14. The Morgan fingerprint density at radius 2 is 1.94 bits per heavy atom. The molecule has 1 atom stereocenters. The minimum absolute atomic E-state index is 0.0669. The summed E-state index contributed by atoms with van der Waals surface area (Å²) in [5, 5.41) is 3.03. The molecule has 1 aliphatic heterocycles. The molecule has 1 amide bonds. The first-order chi connectivity index (χ1) is 14.6. The van der Waals surface area contributed by atoms with Gasteiger partial charge in [-0.1, -0.05) is 12.5 Å². The van der Waals surface area contributed by atoms with Crippen LogP contribution in [0.15, 0.2) is 29.2 Å². The summed E-state index contributed by atoms with van der Waals surface area (Å²) in [7, 11) is -0.232. The normalized spacial score (nSPS) is 17.4. The molecule has 9 heteroatoms. The number of aromatic nitrogens is 2. The average molecular weight is 446 g/mol. The van der Waals surface area contributed by atoms with Gasteiger partial charge < -0.3 is 10.2 Å². The van der Waals surface area contributed by atoms with Crippen molar-refractivity contribution in [2.45, 2.75) is 57.5 Å². The molecule has 2 aromatic rings. The van der Waals surface area contributed by atoms with Gasteiger partial charge in [0, 0.05) is 33.6 Å². The van der Waals surface area contributed by atoms with Crippen molar-refractivity contribution in [3.63, 3.8) is 0 Å². The molecule has 1 aliphatic rings. The highest BCUT2D eigenvalue weighted by Crippen LogP contribution is 2.35. The predicted octanol–water partition coefficient (Wildman–Crippen LogP) is 3.03. The molecule has 3 rings (SSSR count). The van der Waals surface area contributed by atoms with Crippen LogP contribution in [0.2, 0.25) is 0 Å². The summed E-state index contributed by atoms with van der Waals surface area (Å²) in [5.41, 5.74) is 2.66. The van der Waals surface area contributed by atoms with E-state index in [0.29, 0.717) is 41.7 Å². The molecule has 0 unspecified atom stereocenters. The fourth-order valence-corrected chi connectivity index (χ4v) is 5.43. The van der Waals surface area contributed by atoms with Crippen LogP contribution >= 0.6 is 0 Å². The van der Waals surface area contributed by atoms with E-state index in [0.717, 1.165) is 24.0 Å². The van der Waals surface area contributed by atoms with E-state index in [9.17, 15) is 13.2 Å². The Morgan fingerprint density at radius 3 is 2.58 bits per heavy atom. The summed E-state index contributed by atoms with van der Waals surface area (Å²) in [5.74, 6) is 1.000. The van der Waals surface area contributed by atoms with Crippen molar-refractivity contribution >= 4 is 21.7 Å². The van der Waals surface area contributed by atoms with E-state index >= 15 is 0 Å². The second kappa shape index (κ2) is 9.32. The number of hydrogen-bond donors (Lipinski definition) is 1. The third-order valence-electron chi connectivity index (χ3n) is 5.83. The second-order valence-electron chi connectivity index (χ2n) is 8.10. The molecular formula is C22H31N5O3S. The highest BCUT2D eigenvalue weighted by molar-refractivity contribution is 7.89. The lowest BCUT2D eigenvalue weighted by molar-refractivity contribution is -0.128. The second-order valence-corrected chi connectivity index (χ2v) is 9.99. The van der Waals surface area contributed by atoms with E-state index < -0.39 is 16.1 Å². The van der Waals surface area contributed by atoms with Crippen LogP contribution in [0.25, 0.3) is 0 Å². The van der Waals surface area contributed by atoms with Gasteiger partial charge in [0.25, 0.3) is 0 Å². The Kier molecular flexibility index (Phi) is 6.96. The number of nitrogens with zero attached hydrogens (tertiary/aromatic N) is 4. The molecule has 0 bridgehead atoms. The molecule has 168 valence electrons. The monoisotopic (exact) mass is 445 g/mol. The molecule has 0 spiro atoms. The zero-order valence-corrected chi connectivity index (χ0v) is 19.7. The van der Waals surface area contributed by atoms with Crippen LogP contribution in [0, 0.1) is 13.8 Å². The van der Waals surface area contributed by atoms with Gasteiger partial charge in [0.05, 0.1) is 23.2 Å². The maximum absolute atomic E-state index is 13.5. The molecule has 31 heavy (non-hydrogen) atoms. The fourth-order valence-electron chi connectivity index (χ4n) is 3.69. The van der Waals surface area contributed by atoms with Gasteiger partial charge in [-0.05, 0) is 49.9 Å². The molecule has 1 fully saturated rings. The van der Waals surface area contributed by atoms with Gasteiger partial charge in [0.1, 0.15) is 11.6 Å². The van der Waals surface area contributed by atoms with Gasteiger partial charge in [-0.15, -0.1) is 0 Å². The van der Waals surface area contributed by atoms with Crippen LogP contribution in [0.1, 0.15) is 54.9 Å². The van der Waals surface area contributed by atoms with E-state index in [-0.39, 0.29) is 5.91 Å². The Labute approximate surface area is 184 Å². The predicted molar refractivity (Wildman–Crippen MR) is 120 cm³/mol. The van der Waals surface area contributed by atoms with Crippen LogP contribution < -0.4 is 5.32 Å². The molecule has 1 aromatic carbocycles. The van der Waals surface area contributed by atoms with Gasteiger partial charge in [0.15, 0.2) is 0 Å². The quantitative estimate of drug-likeness (QED) is 0.734. The summed E-state index contributed by atoms with van der Waals surface area (Å²) in [4.78, 5) is 22.8. The van der Waals surface area contributed by atoms with E-state index in [1.807, 2.05) is 19.9 Å². The minimum atomic E-state index is -3.70. The number of sulfonamides is 1. The maximum atomic E-state index is 13.5. The molecular weight excluding hydrogens is 414 g/mol. The Hall–Kier alpha value is -2.52. The van der Waals surface area contributed by atoms with Crippen molar-refractivity contribution in [3.05, 3.63) is 46.9 Å². The number of carbonyl (C=O) groups is 1. The van der Waals surface area contributed by atoms with Crippen molar-refractivity contribution in [2.75, 3.05) is 26.0 Å². The van der Waals surface area contributed by atoms with Crippen molar-refractivity contribution < 1.29 is 13.2 Å². The molecule has 0 radical (unpaired) electrons. The van der Waals surface area contributed by atoms with Crippen molar-refractivity contribution in [1.82, 2.24) is 19.2 Å². The summed E-state index contributed by atoms with van der Waals surface area (Å²) in [6.07, 6.45) is 2.35. The van der Waals surface area contributed by atoms with E-state index in [1.54, 1.807) is 37.2 Å². The van der Waals surface area contributed by atoms with Gasteiger partial charge in [-0.3, -0.25) is 4.79 Å². The van der Waals surface area contributed by atoms with Gasteiger partial charge in [-0.25, -0.2) is 18.4 Å². The smallest absolute Gasteiger partial charge is 0.243 e. The van der Waals surface area contributed by atoms with Crippen LogP contribution in [0.5, 0.6) is 0 Å². The maximum Gasteiger partial charge on any atom is 0.243 e. The lowest BCUT2D eigenvalue weighted by atomic mass is 10.0. The lowest BCUT2D eigenvalue weighted by Crippen LogP contribution is -2.39. The number of nitrogens with one attached hydrogen (secondary N) is 1. The SMILES string of the molecule is CNc1cc(CN(C)C(C)=O)nc([C@@H]2CCCCN2S(=O)(=O)c2ccc(C)c(C)c2)n1. The number of aryl methyl sites for hydroxylation is 2. The third-order valence-corrected chi connectivity index (χ3v) is 7.73. The van der Waals surface area contributed by atoms with Gasteiger partial charge in [0.2, 0.25) is 15.9 Å². The van der Waals surface area contributed by atoms with Crippen LogP contribution in [0.4, 0.5) is 5.82 Å². The summed E-state index contributed by atoms with van der Waals surface area (Å²) >= 11 is 0. The van der Waals surface area contributed by atoms with Crippen LogP contribution in [-0.4, -0.2) is 54.1 Å². The number of amides is 1. The Morgan fingerprint density at radius 1 is 1.19 bits per heavy atom. The molecule has 0 aliphatic carbocycles.